The third-order valence-corrected chi connectivity index (χ3v) is 6.33. The standard InChI is InChI=1S/C25H24F4N2O3/c1-4-11-24(23(32)33)21(16-10-9-15(26)12-19(16)25(27,28)29)18(13-30)14(2)31-22(24)17-7-5-6-8-20(17)34-3/h5-10,12,21-22,31H,4,11H2,1-3H3,(H,32,33)/p-1. The van der Waals surface area contributed by atoms with Crippen LogP contribution in [-0.2, 0) is 11.0 Å². The molecule has 5 nitrogen and oxygen atoms in total. The Bertz CT molecular complexity index is 1170. The summed E-state index contributed by atoms with van der Waals surface area (Å²) in [5.74, 6) is -3.99. The van der Waals surface area contributed by atoms with Gasteiger partial charge in [-0.15, -0.1) is 0 Å². The molecule has 0 bridgehead atoms. The normalized spacial score (nSPS) is 22.6. The fourth-order valence-corrected chi connectivity index (χ4v) is 4.97. The lowest BCUT2D eigenvalue weighted by atomic mass is 9.58. The summed E-state index contributed by atoms with van der Waals surface area (Å²) in [7, 11) is 1.39. The highest BCUT2D eigenvalue weighted by Gasteiger charge is 2.54. The van der Waals surface area contributed by atoms with Crippen molar-refractivity contribution >= 4 is 5.97 Å². The third-order valence-electron chi connectivity index (χ3n) is 6.33. The van der Waals surface area contributed by atoms with E-state index in [0.29, 0.717) is 17.4 Å². The number of nitrogens with one attached hydrogen (secondary N) is 1. The van der Waals surface area contributed by atoms with Crippen LogP contribution < -0.4 is 15.2 Å². The molecular weight excluding hydrogens is 452 g/mol. The molecule has 180 valence electrons. The van der Waals surface area contributed by atoms with Gasteiger partial charge in [0.25, 0.3) is 0 Å². The molecular formula is C25H23F4N2O3-. The molecule has 34 heavy (non-hydrogen) atoms. The maximum Gasteiger partial charge on any atom is 0.416 e. The summed E-state index contributed by atoms with van der Waals surface area (Å²) in [5.41, 5.74) is -3.43. The number of halogens is 4. The zero-order chi connectivity index (χ0) is 25.3. The highest BCUT2D eigenvalue weighted by Crippen LogP contribution is 2.58. The lowest BCUT2D eigenvalue weighted by Gasteiger charge is -2.52. The van der Waals surface area contributed by atoms with Gasteiger partial charge >= 0.3 is 6.18 Å². The number of carbonyl (C=O) groups is 1. The maximum atomic E-state index is 14.0. The Labute approximate surface area is 194 Å². The Hall–Kier alpha value is -3.54. The van der Waals surface area contributed by atoms with Crippen molar-refractivity contribution in [2.75, 3.05) is 7.11 Å². The largest absolute Gasteiger partial charge is 0.549 e. The van der Waals surface area contributed by atoms with E-state index in [-0.39, 0.29) is 24.1 Å². The van der Waals surface area contributed by atoms with E-state index >= 15 is 0 Å². The molecule has 0 aliphatic carbocycles. The molecule has 1 aliphatic heterocycles. The second kappa shape index (κ2) is 9.37. The minimum absolute atomic E-state index is 0.122. The average molecular weight is 475 g/mol. The van der Waals surface area contributed by atoms with E-state index in [0.717, 1.165) is 12.1 Å². The van der Waals surface area contributed by atoms with Gasteiger partial charge in [-0.25, -0.2) is 4.39 Å². The minimum Gasteiger partial charge on any atom is -0.549 e. The van der Waals surface area contributed by atoms with E-state index < -0.39 is 46.5 Å². The number of benzene rings is 2. The lowest BCUT2D eigenvalue weighted by molar-refractivity contribution is -0.323. The summed E-state index contributed by atoms with van der Waals surface area (Å²) in [6.45, 7) is 3.18. The highest BCUT2D eigenvalue weighted by molar-refractivity contribution is 5.79. The molecule has 0 aromatic heterocycles. The van der Waals surface area contributed by atoms with Crippen LogP contribution in [0.3, 0.4) is 0 Å². The summed E-state index contributed by atoms with van der Waals surface area (Å²) in [4.78, 5) is 13.0. The van der Waals surface area contributed by atoms with Gasteiger partial charge in [-0.3, -0.25) is 0 Å². The van der Waals surface area contributed by atoms with E-state index in [2.05, 4.69) is 5.32 Å². The van der Waals surface area contributed by atoms with Crippen LogP contribution in [0.1, 0.15) is 55.3 Å². The Balaban J connectivity index is 2.47. The average Bonchev–Trinajstić information content (AvgIpc) is 2.79. The van der Waals surface area contributed by atoms with Gasteiger partial charge in [0.15, 0.2) is 0 Å². The molecule has 9 heteroatoms. The van der Waals surface area contributed by atoms with Gasteiger partial charge in [0, 0.05) is 22.6 Å². The van der Waals surface area contributed by atoms with Crippen molar-refractivity contribution in [3.63, 3.8) is 0 Å². The Morgan fingerprint density at radius 1 is 1.24 bits per heavy atom. The Morgan fingerprint density at radius 3 is 2.47 bits per heavy atom. The monoisotopic (exact) mass is 475 g/mol. The molecule has 3 rings (SSSR count). The number of carboxylic acids is 1. The van der Waals surface area contributed by atoms with Gasteiger partial charge in [-0.1, -0.05) is 37.6 Å². The Kier molecular flexibility index (Phi) is 6.92. The molecule has 0 spiro atoms. The summed E-state index contributed by atoms with van der Waals surface area (Å²) in [6, 6.07) is 9.42. The van der Waals surface area contributed by atoms with E-state index in [1.807, 2.05) is 6.07 Å². The summed E-state index contributed by atoms with van der Waals surface area (Å²) in [5, 5.41) is 25.9. The first kappa shape index (κ1) is 25.1. The number of allylic oxidation sites excluding steroid dienone is 2. The van der Waals surface area contributed by atoms with Crippen molar-refractivity contribution in [2.24, 2.45) is 5.41 Å². The topological polar surface area (TPSA) is 85.2 Å². The molecule has 0 fully saturated rings. The number of alkyl halides is 3. The van der Waals surface area contributed by atoms with Crippen molar-refractivity contribution in [3.05, 3.63) is 76.2 Å². The molecule has 0 saturated carbocycles. The number of nitriles is 1. The second-order valence-electron chi connectivity index (χ2n) is 8.21. The fourth-order valence-electron chi connectivity index (χ4n) is 4.97. The molecule has 1 N–H and O–H groups in total. The van der Waals surface area contributed by atoms with Crippen molar-refractivity contribution in [2.45, 2.75) is 44.8 Å². The van der Waals surface area contributed by atoms with Crippen molar-refractivity contribution in [1.29, 1.82) is 5.26 Å². The number of aliphatic carboxylic acids is 1. The van der Waals surface area contributed by atoms with Crippen LogP contribution in [0.4, 0.5) is 17.6 Å². The molecule has 3 atom stereocenters. The molecule has 1 heterocycles. The van der Waals surface area contributed by atoms with E-state index in [9.17, 15) is 32.7 Å². The zero-order valence-electron chi connectivity index (χ0n) is 18.8. The fraction of sp³-hybridized carbons (Fsp3) is 0.360. The summed E-state index contributed by atoms with van der Waals surface area (Å²) in [6.07, 6.45) is -4.85. The number of para-hydroxylation sites is 1. The van der Waals surface area contributed by atoms with E-state index in [1.165, 1.54) is 14.0 Å². The van der Waals surface area contributed by atoms with E-state index in [1.54, 1.807) is 31.2 Å². The number of hydrogen-bond acceptors (Lipinski definition) is 5. The van der Waals surface area contributed by atoms with Gasteiger partial charge in [0.1, 0.15) is 11.6 Å². The number of ether oxygens (including phenoxy) is 1. The molecule has 3 unspecified atom stereocenters. The maximum absolute atomic E-state index is 14.0. The Morgan fingerprint density at radius 2 is 1.91 bits per heavy atom. The number of carboxylic acid groups (broad SMARTS) is 1. The predicted molar refractivity (Wildman–Crippen MR) is 114 cm³/mol. The summed E-state index contributed by atoms with van der Waals surface area (Å²) < 4.78 is 61.4. The van der Waals surface area contributed by atoms with E-state index in [4.69, 9.17) is 4.74 Å². The van der Waals surface area contributed by atoms with Crippen molar-refractivity contribution < 1.29 is 32.2 Å². The van der Waals surface area contributed by atoms with Gasteiger partial charge in [0.2, 0.25) is 0 Å². The predicted octanol–water partition coefficient (Wildman–Crippen LogP) is 4.62. The van der Waals surface area contributed by atoms with Crippen LogP contribution in [0.25, 0.3) is 0 Å². The van der Waals surface area contributed by atoms with Crippen LogP contribution in [0.2, 0.25) is 0 Å². The SMILES string of the molecule is CCCC1(C(=O)[O-])C(c2ccccc2OC)NC(C)=C(C#N)C1c1ccc(F)cc1C(F)(F)F. The molecule has 0 amide bonds. The van der Waals surface area contributed by atoms with Gasteiger partial charge in [-0.2, -0.15) is 18.4 Å². The molecule has 0 radical (unpaired) electrons. The number of nitrogens with zero attached hydrogens (tertiary/aromatic N) is 1. The third kappa shape index (κ3) is 4.09. The zero-order valence-corrected chi connectivity index (χ0v) is 18.8. The lowest BCUT2D eigenvalue weighted by Crippen LogP contribution is -2.56. The van der Waals surface area contributed by atoms with Crippen LogP contribution in [0.15, 0.2) is 53.7 Å². The van der Waals surface area contributed by atoms with Gasteiger partial charge < -0.3 is 20.0 Å². The summed E-state index contributed by atoms with van der Waals surface area (Å²) >= 11 is 0. The first-order chi connectivity index (χ1) is 16.0. The molecule has 2 aromatic carbocycles. The minimum atomic E-state index is -4.99. The number of methoxy groups -OCH3 is 1. The van der Waals surface area contributed by atoms with Crippen molar-refractivity contribution in [3.8, 4) is 11.8 Å². The van der Waals surface area contributed by atoms with Crippen LogP contribution in [0, 0.1) is 22.6 Å². The quantitative estimate of drug-likeness (QED) is 0.617. The second-order valence-corrected chi connectivity index (χ2v) is 8.21. The smallest absolute Gasteiger partial charge is 0.416 e. The molecule has 2 aromatic rings. The van der Waals surface area contributed by atoms with Gasteiger partial charge in [0.05, 0.1) is 36.3 Å². The highest BCUT2D eigenvalue weighted by atomic mass is 19.4. The number of hydrogen-bond donors (Lipinski definition) is 1. The van der Waals surface area contributed by atoms with Crippen LogP contribution >= 0.6 is 0 Å². The number of carbonyl (C=O) groups excluding carboxylic acids is 1. The first-order valence-electron chi connectivity index (χ1n) is 10.6. The van der Waals surface area contributed by atoms with Crippen LogP contribution in [-0.4, -0.2) is 13.1 Å². The number of rotatable bonds is 6. The molecule has 1 aliphatic rings. The molecule has 0 saturated heterocycles. The first-order valence-corrected chi connectivity index (χ1v) is 10.6. The van der Waals surface area contributed by atoms with Gasteiger partial charge in [-0.05, 0) is 37.1 Å². The van der Waals surface area contributed by atoms with Crippen LogP contribution in [0.5, 0.6) is 5.75 Å². The van der Waals surface area contributed by atoms with Crippen molar-refractivity contribution in [1.82, 2.24) is 5.32 Å².